The van der Waals surface area contributed by atoms with Gasteiger partial charge in [-0.15, -0.1) is 23.1 Å². The number of β-lactam (4-membered cyclic amide) rings is 1. The number of nitrogens with zero attached hydrogens (tertiary/aromatic N) is 3. The van der Waals surface area contributed by atoms with Crippen LogP contribution in [-0.4, -0.2) is 124 Å². The number of anilines is 1. The van der Waals surface area contributed by atoms with Crippen LogP contribution in [0.4, 0.5) is 18.3 Å². The molecule has 3 aliphatic rings. The van der Waals surface area contributed by atoms with Crippen molar-refractivity contribution in [2.45, 2.75) is 43.0 Å². The van der Waals surface area contributed by atoms with Gasteiger partial charge in [0.15, 0.2) is 22.3 Å². The second-order valence-corrected chi connectivity index (χ2v) is 15.1. The number of benzene rings is 1. The number of aromatic hydroxyl groups is 2. The molecule has 1 aromatic heterocycles. The number of carboxylic acid groups (broad SMARTS) is 3. The van der Waals surface area contributed by atoms with E-state index in [0.717, 1.165) is 28.7 Å². The number of alkyl halides is 3. The van der Waals surface area contributed by atoms with Gasteiger partial charge in [0.25, 0.3) is 17.7 Å². The summed E-state index contributed by atoms with van der Waals surface area (Å²) in [6, 6.07) is 1.30. The highest BCUT2D eigenvalue weighted by Gasteiger charge is 2.54. The van der Waals surface area contributed by atoms with E-state index in [4.69, 9.17) is 32.1 Å². The molecule has 3 heterocycles. The molecule has 2 aromatic rings. The van der Waals surface area contributed by atoms with Crippen molar-refractivity contribution in [1.82, 2.24) is 20.5 Å². The third kappa shape index (κ3) is 10.2. The first-order valence-corrected chi connectivity index (χ1v) is 19.0. The number of nitrogen functional groups attached to an aromatic ring is 1. The molecule has 25 heteroatoms. The van der Waals surface area contributed by atoms with Crippen molar-refractivity contribution >= 4 is 92.9 Å². The third-order valence-electron chi connectivity index (χ3n) is 7.99. The Bertz CT molecular complexity index is 1930. The minimum atomic E-state index is -5.08. The lowest BCUT2D eigenvalue weighted by atomic mass is 9.81. The number of hydrogen-bond acceptors (Lipinski definition) is 15. The zero-order valence-corrected chi connectivity index (χ0v) is 30.9. The molecule has 1 aliphatic carbocycles. The molecule has 1 aromatic carbocycles. The van der Waals surface area contributed by atoms with Crippen molar-refractivity contribution in [2.75, 3.05) is 29.5 Å². The molecule has 55 heavy (non-hydrogen) atoms. The highest BCUT2D eigenvalue weighted by molar-refractivity contribution is 8.01. The van der Waals surface area contributed by atoms with Crippen molar-refractivity contribution < 1.29 is 72.3 Å². The van der Waals surface area contributed by atoms with Crippen LogP contribution in [0.1, 0.15) is 35.3 Å². The van der Waals surface area contributed by atoms with E-state index in [2.05, 4.69) is 20.8 Å². The third-order valence-corrected chi connectivity index (χ3v) is 11.4. The number of phenolic OH excluding ortho intramolecular Hbond substituents is 2. The van der Waals surface area contributed by atoms with Gasteiger partial charge in [-0.05, 0) is 30.5 Å². The number of aliphatic carboxylic acids is 3. The maximum Gasteiger partial charge on any atom is 0.490 e. The average molecular weight is 855 g/mol. The number of nitrogens with one attached hydrogen (secondary N) is 2. The summed E-state index contributed by atoms with van der Waals surface area (Å²) >= 11 is 9.53. The number of hydrogen-bond donors (Lipinski definition) is 8. The number of carbonyl (C=O) groups excluding carboxylic acids is 3. The van der Waals surface area contributed by atoms with Gasteiger partial charge >= 0.3 is 24.1 Å². The summed E-state index contributed by atoms with van der Waals surface area (Å²) in [4.78, 5) is 82.4. The van der Waals surface area contributed by atoms with Gasteiger partial charge in [0.1, 0.15) is 22.8 Å². The van der Waals surface area contributed by atoms with Crippen LogP contribution in [0, 0.1) is 5.92 Å². The number of oxime groups is 1. The number of halogens is 4. The SMILES string of the molecule is Nc1nc(/C(=N/OC(C(=O)O)C2CCC2)C(=O)N[C@@H]2C(=O)N3C(C(=O)O)=C(CSCCNC(=O)c4ccc(O)c(O)c4Cl)CS[C@H]23)cs1.O=C(O)C(F)(F)F. The molecule has 1 saturated heterocycles. The van der Waals surface area contributed by atoms with Gasteiger partial charge in [0.2, 0.25) is 6.10 Å². The summed E-state index contributed by atoms with van der Waals surface area (Å²) < 4.78 is 31.7. The first-order valence-electron chi connectivity index (χ1n) is 15.6. The number of rotatable bonds is 14. The first kappa shape index (κ1) is 42.8. The fourth-order valence-corrected chi connectivity index (χ4v) is 8.19. The van der Waals surface area contributed by atoms with E-state index >= 15 is 0 Å². The average Bonchev–Trinajstić information content (AvgIpc) is 3.52. The summed E-state index contributed by atoms with van der Waals surface area (Å²) in [7, 11) is 0. The Morgan fingerprint density at radius 3 is 2.38 bits per heavy atom. The number of phenols is 2. The van der Waals surface area contributed by atoms with Crippen molar-refractivity contribution in [2.24, 2.45) is 11.1 Å². The van der Waals surface area contributed by atoms with Gasteiger partial charge in [-0.2, -0.15) is 24.9 Å². The van der Waals surface area contributed by atoms with E-state index in [-0.39, 0.29) is 56.8 Å². The van der Waals surface area contributed by atoms with E-state index in [0.29, 0.717) is 24.2 Å². The van der Waals surface area contributed by atoms with Crippen LogP contribution < -0.4 is 16.4 Å². The number of carbonyl (C=O) groups is 6. The van der Waals surface area contributed by atoms with Gasteiger partial charge in [0.05, 0.1) is 10.6 Å². The summed E-state index contributed by atoms with van der Waals surface area (Å²) in [6.45, 7) is 0.176. The van der Waals surface area contributed by atoms with Gasteiger partial charge in [0, 0.05) is 35.1 Å². The summed E-state index contributed by atoms with van der Waals surface area (Å²) in [5.41, 5.74) is 5.65. The van der Waals surface area contributed by atoms with Crippen LogP contribution in [0.25, 0.3) is 0 Å². The number of fused-ring (bicyclic) bond motifs is 1. The molecule has 298 valence electrons. The number of thioether (sulfide) groups is 2. The molecule has 3 amide bonds. The second-order valence-electron chi connectivity index (χ2n) is 11.6. The van der Waals surface area contributed by atoms with Crippen LogP contribution in [0.5, 0.6) is 11.5 Å². The molecule has 18 nitrogen and oxygen atoms in total. The number of aromatic nitrogens is 1. The standard InChI is InChI=1S/C28H29ClN6O10S3.C2HF3O2/c29-16-13(4-5-15(36)20(16)37)22(38)31-6-7-46-8-12-9-47-25-18(24(40)35(25)19(12)26(41)42)33-23(39)17(14-10-48-28(30)32-14)34-45-21(27(43)44)11-2-1-3-11;3-2(4,5)1(6)7/h4-5,10-11,18,21,25,36-37H,1-3,6-9H2,(H2,30,32)(H,31,38)(H,33,39)(H,41,42)(H,43,44);(H,6,7)/b34-17-;/t18-,21?,25-;/m1./s1. The minimum Gasteiger partial charge on any atom is -0.504 e. The molecule has 0 bridgehead atoms. The zero-order valence-electron chi connectivity index (χ0n) is 27.7. The van der Waals surface area contributed by atoms with Crippen LogP contribution in [-0.2, 0) is 28.8 Å². The highest BCUT2D eigenvalue weighted by atomic mass is 35.5. The Labute approximate surface area is 324 Å². The van der Waals surface area contributed by atoms with Crippen molar-refractivity contribution in [3.63, 3.8) is 0 Å². The Morgan fingerprint density at radius 1 is 1.16 bits per heavy atom. The van der Waals surface area contributed by atoms with E-state index in [1.165, 1.54) is 35.0 Å². The Hall–Kier alpha value is -4.94. The van der Waals surface area contributed by atoms with E-state index in [1.54, 1.807) is 0 Å². The van der Waals surface area contributed by atoms with Gasteiger partial charge < -0.3 is 46.7 Å². The quantitative estimate of drug-likeness (QED) is 0.0445. The lowest BCUT2D eigenvalue weighted by Gasteiger charge is -2.49. The molecule has 9 N–H and O–H groups in total. The predicted octanol–water partition coefficient (Wildman–Crippen LogP) is 2.30. The number of thiazole rings is 1. The molecule has 0 radical (unpaired) electrons. The second kappa shape index (κ2) is 18.1. The summed E-state index contributed by atoms with van der Waals surface area (Å²) in [5, 5.41) is 55.5. The largest absolute Gasteiger partial charge is 0.504 e. The fraction of sp³-hybridized carbons (Fsp3) is 0.400. The van der Waals surface area contributed by atoms with Crippen LogP contribution in [0.15, 0.2) is 33.9 Å². The maximum atomic E-state index is 13.4. The van der Waals surface area contributed by atoms with Crippen molar-refractivity contribution in [3.05, 3.63) is 45.1 Å². The predicted molar refractivity (Wildman–Crippen MR) is 191 cm³/mol. The Morgan fingerprint density at radius 2 is 1.84 bits per heavy atom. The van der Waals surface area contributed by atoms with Crippen molar-refractivity contribution in [1.29, 1.82) is 0 Å². The molecule has 3 atom stereocenters. The highest BCUT2D eigenvalue weighted by Crippen LogP contribution is 2.41. The molecular formula is C30H30ClF3N6O12S3. The number of amides is 3. The lowest BCUT2D eigenvalue weighted by Crippen LogP contribution is -2.71. The minimum absolute atomic E-state index is 0.0265. The lowest BCUT2D eigenvalue weighted by molar-refractivity contribution is -0.192. The van der Waals surface area contributed by atoms with E-state index < -0.39 is 70.8 Å². The van der Waals surface area contributed by atoms with Gasteiger partial charge in [-0.1, -0.05) is 23.2 Å². The Balaban J connectivity index is 0.000000876. The first-order chi connectivity index (χ1) is 25.8. The maximum absolute atomic E-state index is 13.4. The topological polar surface area (TPSA) is 291 Å². The molecule has 1 saturated carbocycles. The Kier molecular flexibility index (Phi) is 14.1. The smallest absolute Gasteiger partial charge is 0.490 e. The van der Waals surface area contributed by atoms with Crippen molar-refractivity contribution in [3.8, 4) is 11.5 Å². The number of nitrogens with two attached hydrogens (primary N) is 1. The van der Waals surface area contributed by atoms with Gasteiger partial charge in [-0.25, -0.2) is 19.4 Å². The van der Waals surface area contributed by atoms with E-state index in [9.17, 15) is 57.6 Å². The van der Waals surface area contributed by atoms with Gasteiger partial charge in [-0.3, -0.25) is 19.3 Å². The molecule has 2 fully saturated rings. The molecule has 5 rings (SSSR count). The molecule has 0 spiro atoms. The summed E-state index contributed by atoms with van der Waals surface area (Å²) in [5.74, 6) is -7.86. The molecular weight excluding hydrogens is 825 g/mol. The van der Waals surface area contributed by atoms with Crippen LogP contribution in [0.2, 0.25) is 5.02 Å². The van der Waals surface area contributed by atoms with E-state index in [1.807, 2.05) is 0 Å². The molecule has 1 unspecified atom stereocenters. The summed E-state index contributed by atoms with van der Waals surface area (Å²) in [6.07, 6.45) is -4.22. The van der Waals surface area contributed by atoms with Crippen LogP contribution in [0.3, 0.4) is 0 Å². The monoisotopic (exact) mass is 854 g/mol. The normalized spacial score (nSPS) is 18.8. The molecule has 2 aliphatic heterocycles. The zero-order chi connectivity index (χ0) is 40.8. The number of carboxylic acids is 3. The van der Waals surface area contributed by atoms with Crippen LogP contribution >= 0.6 is 46.5 Å². The fourth-order valence-electron chi connectivity index (χ4n) is 5.05.